The monoisotopic (exact) mass is 393 g/mol. The molecule has 4 nitrogen and oxygen atoms in total. The lowest BCUT2D eigenvalue weighted by Crippen LogP contribution is -2.14. The molecule has 0 aliphatic heterocycles. The van der Waals surface area contributed by atoms with Crippen molar-refractivity contribution in [2.75, 3.05) is 12.4 Å². The van der Waals surface area contributed by atoms with Gasteiger partial charge in [0.1, 0.15) is 10.6 Å². The molecule has 1 N–H and O–H groups in total. The van der Waals surface area contributed by atoms with Crippen molar-refractivity contribution in [1.82, 2.24) is 0 Å². The van der Waals surface area contributed by atoms with Crippen LogP contribution in [0.5, 0.6) is 0 Å². The zero-order valence-corrected chi connectivity index (χ0v) is 17.5. The van der Waals surface area contributed by atoms with Gasteiger partial charge >= 0.3 is 5.97 Å². The maximum absolute atomic E-state index is 12.8. The van der Waals surface area contributed by atoms with E-state index in [9.17, 15) is 9.59 Å². The molecule has 1 aromatic heterocycles. The molecule has 3 rings (SSSR count). The Bertz CT molecular complexity index is 1050. The fourth-order valence-corrected chi connectivity index (χ4v) is 4.11. The number of thiophene rings is 1. The van der Waals surface area contributed by atoms with Gasteiger partial charge in [0.2, 0.25) is 0 Å². The first-order chi connectivity index (χ1) is 13.3. The van der Waals surface area contributed by atoms with Crippen molar-refractivity contribution in [3.05, 3.63) is 75.2 Å². The van der Waals surface area contributed by atoms with Gasteiger partial charge in [-0.15, -0.1) is 11.3 Å². The van der Waals surface area contributed by atoms with E-state index in [1.54, 1.807) is 6.07 Å². The van der Waals surface area contributed by atoms with E-state index in [1.165, 1.54) is 18.4 Å². The van der Waals surface area contributed by atoms with Crippen molar-refractivity contribution in [2.24, 2.45) is 0 Å². The molecule has 0 spiro atoms. The number of hydrogen-bond acceptors (Lipinski definition) is 4. The molecule has 0 radical (unpaired) electrons. The van der Waals surface area contributed by atoms with Gasteiger partial charge in [0.05, 0.1) is 7.11 Å². The number of esters is 1. The summed E-state index contributed by atoms with van der Waals surface area (Å²) in [6, 6.07) is 13.5. The molecular formula is C23H23NO3S. The van der Waals surface area contributed by atoms with Crippen molar-refractivity contribution >= 4 is 28.2 Å². The maximum atomic E-state index is 12.8. The van der Waals surface area contributed by atoms with Crippen molar-refractivity contribution in [1.29, 1.82) is 0 Å². The molecule has 1 heterocycles. The lowest BCUT2D eigenvalue weighted by molar-refractivity contribution is 0.0603. The Morgan fingerprint density at radius 3 is 2.21 bits per heavy atom. The first kappa shape index (κ1) is 19.8. The Labute approximate surface area is 169 Å². The second-order valence-corrected chi connectivity index (χ2v) is 8.07. The molecule has 3 aromatic rings. The minimum Gasteiger partial charge on any atom is -0.465 e. The highest BCUT2D eigenvalue weighted by atomic mass is 32.1. The standard InChI is InChI=1S/C23H23NO3S/c1-13-6-9-17(10-7-13)19-16(4)28-22(20(19)23(26)27-5)24-21(25)18-11-8-14(2)15(3)12-18/h6-12H,1-5H3,(H,24,25). The first-order valence-corrected chi connectivity index (χ1v) is 9.80. The van der Waals surface area contributed by atoms with Crippen LogP contribution in [0, 0.1) is 27.7 Å². The van der Waals surface area contributed by atoms with Gasteiger partial charge in [-0.1, -0.05) is 35.9 Å². The summed E-state index contributed by atoms with van der Waals surface area (Å²) >= 11 is 1.38. The topological polar surface area (TPSA) is 55.4 Å². The normalized spacial score (nSPS) is 10.6. The number of rotatable bonds is 4. The number of anilines is 1. The second-order valence-electron chi connectivity index (χ2n) is 6.85. The molecule has 0 saturated heterocycles. The highest BCUT2D eigenvalue weighted by Gasteiger charge is 2.25. The van der Waals surface area contributed by atoms with Crippen LogP contribution >= 0.6 is 11.3 Å². The molecule has 0 aliphatic carbocycles. The average molecular weight is 394 g/mol. The SMILES string of the molecule is COC(=O)c1c(NC(=O)c2ccc(C)c(C)c2)sc(C)c1-c1ccc(C)cc1. The predicted molar refractivity (Wildman–Crippen MR) is 114 cm³/mol. The molecule has 0 aliphatic rings. The summed E-state index contributed by atoms with van der Waals surface area (Å²) in [4.78, 5) is 26.3. The van der Waals surface area contributed by atoms with Crippen LogP contribution < -0.4 is 5.32 Å². The molecular weight excluding hydrogens is 370 g/mol. The van der Waals surface area contributed by atoms with E-state index in [4.69, 9.17) is 4.74 Å². The molecule has 0 fully saturated rings. The van der Waals surface area contributed by atoms with Crippen LogP contribution in [0.15, 0.2) is 42.5 Å². The minimum absolute atomic E-state index is 0.245. The first-order valence-electron chi connectivity index (χ1n) is 8.99. The lowest BCUT2D eigenvalue weighted by Gasteiger charge is -2.09. The summed E-state index contributed by atoms with van der Waals surface area (Å²) in [5.41, 5.74) is 5.98. The Hall–Kier alpha value is -2.92. The largest absolute Gasteiger partial charge is 0.465 e. The van der Waals surface area contributed by atoms with Crippen LogP contribution in [0.25, 0.3) is 11.1 Å². The van der Waals surface area contributed by atoms with E-state index in [1.807, 2.05) is 64.1 Å². The zero-order valence-electron chi connectivity index (χ0n) is 16.7. The van der Waals surface area contributed by atoms with E-state index >= 15 is 0 Å². The van der Waals surface area contributed by atoms with Gasteiger partial charge in [0, 0.05) is 16.0 Å². The van der Waals surface area contributed by atoms with Crippen LogP contribution in [0.4, 0.5) is 5.00 Å². The van der Waals surface area contributed by atoms with Crippen LogP contribution in [0.2, 0.25) is 0 Å². The van der Waals surface area contributed by atoms with Gasteiger partial charge in [-0.2, -0.15) is 0 Å². The zero-order chi connectivity index (χ0) is 20.4. The van der Waals surface area contributed by atoms with Crippen molar-refractivity contribution in [3.63, 3.8) is 0 Å². The highest BCUT2D eigenvalue weighted by Crippen LogP contribution is 2.40. The van der Waals surface area contributed by atoms with E-state index in [2.05, 4.69) is 5.32 Å². The third-order valence-electron chi connectivity index (χ3n) is 4.81. The fraction of sp³-hybridized carbons (Fsp3) is 0.217. The molecule has 28 heavy (non-hydrogen) atoms. The summed E-state index contributed by atoms with van der Waals surface area (Å²) in [6.07, 6.45) is 0. The molecule has 144 valence electrons. The number of aryl methyl sites for hydroxylation is 4. The molecule has 0 bridgehead atoms. The van der Waals surface area contributed by atoms with Crippen molar-refractivity contribution in [3.8, 4) is 11.1 Å². The fourth-order valence-electron chi connectivity index (χ4n) is 3.06. The molecule has 2 aromatic carbocycles. The maximum Gasteiger partial charge on any atom is 0.341 e. The summed E-state index contributed by atoms with van der Waals surface area (Å²) in [5.74, 6) is -0.708. The number of amides is 1. The predicted octanol–water partition coefficient (Wildman–Crippen LogP) is 5.69. The van der Waals surface area contributed by atoms with Gasteiger partial charge in [-0.3, -0.25) is 4.79 Å². The number of methoxy groups -OCH3 is 1. The summed E-state index contributed by atoms with van der Waals surface area (Å²) in [5, 5.41) is 3.41. The Kier molecular flexibility index (Phi) is 5.66. The summed E-state index contributed by atoms with van der Waals surface area (Å²) in [6.45, 7) is 7.93. The Balaban J connectivity index is 2.04. The Morgan fingerprint density at radius 1 is 0.929 bits per heavy atom. The van der Waals surface area contributed by atoms with Crippen LogP contribution in [0.3, 0.4) is 0 Å². The number of benzene rings is 2. The highest BCUT2D eigenvalue weighted by molar-refractivity contribution is 7.17. The number of carbonyl (C=O) groups excluding carboxylic acids is 2. The second kappa shape index (κ2) is 7.98. The van der Waals surface area contributed by atoms with Crippen LogP contribution in [-0.2, 0) is 4.74 Å². The lowest BCUT2D eigenvalue weighted by atomic mass is 10.00. The summed E-state index contributed by atoms with van der Waals surface area (Å²) in [7, 11) is 1.35. The Morgan fingerprint density at radius 2 is 1.61 bits per heavy atom. The van der Waals surface area contributed by atoms with Gasteiger partial charge in [-0.25, -0.2) is 4.79 Å². The van der Waals surface area contributed by atoms with E-state index in [-0.39, 0.29) is 5.91 Å². The number of carbonyl (C=O) groups is 2. The quantitative estimate of drug-likeness (QED) is 0.580. The smallest absolute Gasteiger partial charge is 0.341 e. The van der Waals surface area contributed by atoms with Crippen LogP contribution in [-0.4, -0.2) is 19.0 Å². The van der Waals surface area contributed by atoms with Crippen molar-refractivity contribution in [2.45, 2.75) is 27.7 Å². The van der Waals surface area contributed by atoms with E-state index < -0.39 is 5.97 Å². The molecule has 0 atom stereocenters. The van der Waals surface area contributed by atoms with Crippen LogP contribution in [0.1, 0.15) is 42.3 Å². The van der Waals surface area contributed by atoms with E-state index in [0.717, 1.165) is 32.7 Å². The summed E-state index contributed by atoms with van der Waals surface area (Å²) < 4.78 is 5.01. The van der Waals surface area contributed by atoms with E-state index in [0.29, 0.717) is 16.1 Å². The average Bonchev–Trinajstić information content (AvgIpc) is 2.99. The molecule has 0 saturated carbocycles. The third kappa shape index (κ3) is 3.85. The number of hydrogen-bond donors (Lipinski definition) is 1. The van der Waals surface area contributed by atoms with Gasteiger partial charge in [-0.05, 0) is 56.5 Å². The number of ether oxygens (including phenoxy) is 1. The van der Waals surface area contributed by atoms with Gasteiger partial charge in [0.15, 0.2) is 0 Å². The number of nitrogens with one attached hydrogen (secondary N) is 1. The van der Waals surface area contributed by atoms with Gasteiger partial charge in [0.25, 0.3) is 5.91 Å². The van der Waals surface area contributed by atoms with Gasteiger partial charge < -0.3 is 10.1 Å². The molecule has 5 heteroatoms. The molecule has 0 unspecified atom stereocenters. The molecule has 1 amide bonds. The minimum atomic E-state index is -0.463. The van der Waals surface area contributed by atoms with Crippen molar-refractivity contribution < 1.29 is 14.3 Å². The third-order valence-corrected chi connectivity index (χ3v) is 5.83.